The molecule has 0 atom stereocenters. The lowest BCUT2D eigenvalue weighted by atomic mass is 10.2. The van der Waals surface area contributed by atoms with E-state index in [0.29, 0.717) is 0 Å². The normalized spacial score (nSPS) is 11.1. The zero-order chi connectivity index (χ0) is 17.2. The summed E-state index contributed by atoms with van der Waals surface area (Å²) in [6.07, 6.45) is -3.41. The largest absolute Gasteiger partial charge is 0.476 e. The van der Waals surface area contributed by atoms with Gasteiger partial charge in [0, 0.05) is 12.7 Å². The number of carbonyl (C=O) groups excluding carboxylic acids is 1. The number of hydrogen-bond donors (Lipinski definition) is 3. The first-order chi connectivity index (χ1) is 10.7. The van der Waals surface area contributed by atoms with E-state index in [9.17, 15) is 22.8 Å². The lowest BCUT2D eigenvalue weighted by Gasteiger charge is -2.10. The second kappa shape index (κ2) is 5.99. The SMILES string of the molecule is Cn1ncc(NC(=O)Nc2cccc(C(F)(F)F)c2)c1C(=O)O. The number of aromatic nitrogens is 2. The van der Waals surface area contributed by atoms with Crippen molar-refractivity contribution in [1.29, 1.82) is 0 Å². The van der Waals surface area contributed by atoms with Crippen molar-refractivity contribution in [3.05, 3.63) is 41.7 Å². The molecule has 2 aromatic rings. The highest BCUT2D eigenvalue weighted by molar-refractivity contribution is 6.03. The summed E-state index contributed by atoms with van der Waals surface area (Å²) < 4.78 is 38.8. The number of carboxylic acids is 1. The Bertz CT molecular complexity index is 755. The van der Waals surface area contributed by atoms with Crippen LogP contribution in [0.1, 0.15) is 16.1 Å². The molecule has 0 aliphatic heterocycles. The fourth-order valence-corrected chi connectivity index (χ4v) is 1.84. The van der Waals surface area contributed by atoms with E-state index >= 15 is 0 Å². The lowest BCUT2D eigenvalue weighted by molar-refractivity contribution is -0.137. The summed E-state index contributed by atoms with van der Waals surface area (Å²) in [6.45, 7) is 0. The minimum Gasteiger partial charge on any atom is -0.476 e. The number of aryl methyl sites for hydroxylation is 1. The predicted molar refractivity (Wildman–Crippen MR) is 74.3 cm³/mol. The summed E-state index contributed by atoms with van der Waals surface area (Å²) in [5.41, 5.74) is -1.34. The number of carbonyl (C=O) groups is 2. The minimum atomic E-state index is -4.53. The molecule has 7 nitrogen and oxygen atoms in total. The molecule has 10 heteroatoms. The van der Waals surface area contributed by atoms with Crippen molar-refractivity contribution in [2.45, 2.75) is 6.18 Å². The topological polar surface area (TPSA) is 96.3 Å². The van der Waals surface area contributed by atoms with Gasteiger partial charge in [-0.25, -0.2) is 9.59 Å². The number of halogens is 3. The molecular formula is C13H11F3N4O3. The quantitative estimate of drug-likeness (QED) is 0.807. The number of urea groups is 1. The van der Waals surface area contributed by atoms with Gasteiger partial charge in [0.25, 0.3) is 0 Å². The van der Waals surface area contributed by atoms with E-state index in [-0.39, 0.29) is 17.1 Å². The minimum absolute atomic E-state index is 0.0792. The van der Waals surface area contributed by atoms with Gasteiger partial charge in [0.1, 0.15) is 0 Å². The molecule has 0 fully saturated rings. The summed E-state index contributed by atoms with van der Waals surface area (Å²) in [5.74, 6) is -1.31. The third-order valence-corrected chi connectivity index (χ3v) is 2.84. The van der Waals surface area contributed by atoms with Crippen LogP contribution in [0.3, 0.4) is 0 Å². The van der Waals surface area contributed by atoms with Crippen molar-refractivity contribution >= 4 is 23.4 Å². The molecule has 0 spiro atoms. The maximum Gasteiger partial charge on any atom is 0.416 e. The molecule has 2 rings (SSSR count). The van der Waals surface area contributed by atoms with Crippen molar-refractivity contribution < 1.29 is 27.9 Å². The van der Waals surface area contributed by atoms with Crippen LogP contribution in [0.4, 0.5) is 29.3 Å². The third kappa shape index (κ3) is 3.78. The van der Waals surface area contributed by atoms with Gasteiger partial charge in [-0.2, -0.15) is 18.3 Å². The third-order valence-electron chi connectivity index (χ3n) is 2.84. The monoisotopic (exact) mass is 328 g/mol. The van der Waals surface area contributed by atoms with E-state index < -0.39 is 23.7 Å². The van der Waals surface area contributed by atoms with Gasteiger partial charge in [-0.3, -0.25) is 4.68 Å². The maximum absolute atomic E-state index is 12.6. The first-order valence-electron chi connectivity index (χ1n) is 6.19. The molecule has 2 amide bonds. The Balaban J connectivity index is 2.13. The summed E-state index contributed by atoms with van der Waals surface area (Å²) in [4.78, 5) is 22.8. The Labute approximate surface area is 127 Å². The number of amides is 2. The number of nitrogens with zero attached hydrogens (tertiary/aromatic N) is 2. The number of benzene rings is 1. The molecule has 0 saturated carbocycles. The van der Waals surface area contributed by atoms with Crippen LogP contribution in [0.2, 0.25) is 0 Å². The molecule has 0 saturated heterocycles. The molecule has 0 aliphatic rings. The van der Waals surface area contributed by atoms with Crippen LogP contribution in [0.25, 0.3) is 0 Å². The van der Waals surface area contributed by atoms with Gasteiger partial charge in [-0.15, -0.1) is 0 Å². The van der Waals surface area contributed by atoms with Crippen molar-refractivity contribution in [2.24, 2.45) is 7.05 Å². The predicted octanol–water partition coefficient (Wildman–Crippen LogP) is 2.78. The Kier molecular flexibility index (Phi) is 4.25. The Morgan fingerprint density at radius 2 is 1.96 bits per heavy atom. The number of nitrogens with one attached hydrogen (secondary N) is 2. The number of aromatic carboxylic acids is 1. The van der Waals surface area contributed by atoms with Gasteiger partial charge >= 0.3 is 18.2 Å². The van der Waals surface area contributed by atoms with Gasteiger partial charge in [-0.1, -0.05) is 6.07 Å². The lowest BCUT2D eigenvalue weighted by Crippen LogP contribution is -2.21. The van der Waals surface area contributed by atoms with Gasteiger partial charge in [0.2, 0.25) is 0 Å². The summed E-state index contributed by atoms with van der Waals surface area (Å²) in [6, 6.07) is 3.16. The molecular weight excluding hydrogens is 317 g/mol. The Morgan fingerprint density at radius 3 is 2.57 bits per heavy atom. The van der Waals surface area contributed by atoms with Crippen molar-refractivity contribution in [3.8, 4) is 0 Å². The molecule has 1 aromatic carbocycles. The van der Waals surface area contributed by atoms with Crippen LogP contribution < -0.4 is 10.6 Å². The Hall–Kier alpha value is -3.04. The highest BCUT2D eigenvalue weighted by atomic mass is 19.4. The van der Waals surface area contributed by atoms with Crippen LogP contribution >= 0.6 is 0 Å². The van der Waals surface area contributed by atoms with E-state index in [1.54, 1.807) is 0 Å². The summed E-state index contributed by atoms with van der Waals surface area (Å²) in [7, 11) is 1.37. The maximum atomic E-state index is 12.6. The summed E-state index contributed by atoms with van der Waals surface area (Å²) in [5, 5.41) is 17.1. The smallest absolute Gasteiger partial charge is 0.416 e. The van der Waals surface area contributed by atoms with E-state index in [4.69, 9.17) is 5.11 Å². The van der Waals surface area contributed by atoms with Crippen LogP contribution in [0, 0.1) is 0 Å². The van der Waals surface area contributed by atoms with Crippen molar-refractivity contribution in [1.82, 2.24) is 9.78 Å². The Morgan fingerprint density at radius 1 is 1.26 bits per heavy atom. The van der Waals surface area contributed by atoms with Crippen molar-refractivity contribution in [3.63, 3.8) is 0 Å². The molecule has 0 aliphatic carbocycles. The zero-order valence-corrected chi connectivity index (χ0v) is 11.7. The zero-order valence-electron chi connectivity index (χ0n) is 11.7. The second-order valence-corrected chi connectivity index (χ2v) is 4.49. The molecule has 0 bridgehead atoms. The average molecular weight is 328 g/mol. The number of anilines is 2. The first kappa shape index (κ1) is 16.3. The van der Waals surface area contributed by atoms with E-state index in [1.807, 2.05) is 0 Å². The average Bonchev–Trinajstić information content (AvgIpc) is 2.78. The number of carboxylic acid groups (broad SMARTS) is 1. The molecule has 122 valence electrons. The van der Waals surface area contributed by atoms with E-state index in [0.717, 1.165) is 29.1 Å². The van der Waals surface area contributed by atoms with Gasteiger partial charge in [-0.05, 0) is 18.2 Å². The molecule has 1 aromatic heterocycles. The summed E-state index contributed by atoms with van der Waals surface area (Å²) >= 11 is 0. The van der Waals surface area contributed by atoms with Gasteiger partial charge in [0.15, 0.2) is 5.69 Å². The van der Waals surface area contributed by atoms with Crippen molar-refractivity contribution in [2.75, 3.05) is 10.6 Å². The fourth-order valence-electron chi connectivity index (χ4n) is 1.84. The highest BCUT2D eigenvalue weighted by Crippen LogP contribution is 2.30. The molecule has 0 radical (unpaired) electrons. The molecule has 3 N–H and O–H groups in total. The first-order valence-corrected chi connectivity index (χ1v) is 6.19. The molecule has 1 heterocycles. The standard InChI is InChI=1S/C13H11F3N4O3/c1-20-10(11(21)22)9(6-17-20)19-12(23)18-8-4-2-3-7(5-8)13(14,15)16/h2-6H,1H3,(H,21,22)(H2,18,19,23). The number of rotatable bonds is 3. The van der Waals surface area contributed by atoms with Crippen LogP contribution in [-0.2, 0) is 13.2 Å². The van der Waals surface area contributed by atoms with Crippen LogP contribution in [0.5, 0.6) is 0 Å². The van der Waals surface area contributed by atoms with Gasteiger partial charge < -0.3 is 15.7 Å². The van der Waals surface area contributed by atoms with Crippen LogP contribution in [0.15, 0.2) is 30.5 Å². The van der Waals surface area contributed by atoms with E-state index in [1.165, 1.54) is 13.1 Å². The second-order valence-electron chi connectivity index (χ2n) is 4.49. The van der Waals surface area contributed by atoms with Crippen LogP contribution in [-0.4, -0.2) is 26.9 Å². The fraction of sp³-hybridized carbons (Fsp3) is 0.154. The number of hydrogen-bond acceptors (Lipinski definition) is 3. The number of alkyl halides is 3. The molecule has 0 unspecified atom stereocenters. The van der Waals surface area contributed by atoms with E-state index in [2.05, 4.69) is 15.7 Å². The highest BCUT2D eigenvalue weighted by Gasteiger charge is 2.30. The van der Waals surface area contributed by atoms with Gasteiger partial charge in [0.05, 0.1) is 17.4 Å². The molecule has 23 heavy (non-hydrogen) atoms.